The Morgan fingerprint density at radius 1 is 1.11 bits per heavy atom. The molecule has 28 heavy (non-hydrogen) atoms. The standard InChI is InChI=1S/C22H22N4O2/c27-21(18-6-3-5-17(14-18)20-23-15-24-25-20)26-11-9-22(10-12-26)19-7-2-1-4-16(19)8-13-28-22/h1-7,14-15H,8-13H2,(H,23,24,25). The summed E-state index contributed by atoms with van der Waals surface area (Å²) in [6.45, 7) is 2.14. The van der Waals surface area contributed by atoms with E-state index in [9.17, 15) is 4.79 Å². The van der Waals surface area contributed by atoms with Crippen molar-refractivity contribution in [2.24, 2.45) is 0 Å². The molecule has 2 aliphatic heterocycles. The Balaban J connectivity index is 1.34. The van der Waals surface area contributed by atoms with Gasteiger partial charge in [0.1, 0.15) is 6.33 Å². The first-order valence-corrected chi connectivity index (χ1v) is 9.73. The maximum atomic E-state index is 13.1. The molecule has 142 valence electrons. The largest absolute Gasteiger partial charge is 0.370 e. The third kappa shape index (κ3) is 2.90. The van der Waals surface area contributed by atoms with Crippen LogP contribution in [0.3, 0.4) is 0 Å². The molecule has 0 aliphatic carbocycles. The highest BCUT2D eigenvalue weighted by Gasteiger charge is 2.41. The molecule has 0 saturated carbocycles. The Morgan fingerprint density at radius 2 is 1.96 bits per heavy atom. The van der Waals surface area contributed by atoms with Crippen molar-refractivity contribution >= 4 is 5.91 Å². The van der Waals surface area contributed by atoms with Gasteiger partial charge in [0.25, 0.3) is 5.91 Å². The van der Waals surface area contributed by atoms with Crippen molar-refractivity contribution in [3.05, 3.63) is 71.5 Å². The van der Waals surface area contributed by atoms with Crippen molar-refractivity contribution in [1.29, 1.82) is 0 Å². The average molecular weight is 374 g/mol. The van der Waals surface area contributed by atoms with Crippen LogP contribution in [-0.4, -0.2) is 45.7 Å². The quantitative estimate of drug-likeness (QED) is 0.748. The summed E-state index contributed by atoms with van der Waals surface area (Å²) in [5.74, 6) is 0.722. The van der Waals surface area contributed by atoms with Crippen LogP contribution < -0.4 is 0 Å². The predicted octanol–water partition coefficient (Wildman–Crippen LogP) is 3.18. The van der Waals surface area contributed by atoms with Gasteiger partial charge in [-0.2, -0.15) is 5.10 Å². The van der Waals surface area contributed by atoms with Gasteiger partial charge in [-0.25, -0.2) is 4.98 Å². The molecule has 5 rings (SSSR count). The van der Waals surface area contributed by atoms with Gasteiger partial charge in [-0.15, -0.1) is 0 Å². The number of rotatable bonds is 2. The second-order valence-corrected chi connectivity index (χ2v) is 7.46. The minimum absolute atomic E-state index is 0.0558. The van der Waals surface area contributed by atoms with E-state index in [1.807, 2.05) is 29.2 Å². The third-order valence-electron chi connectivity index (χ3n) is 5.91. The highest BCUT2D eigenvalue weighted by Crippen LogP contribution is 2.41. The zero-order valence-corrected chi connectivity index (χ0v) is 15.6. The molecule has 0 radical (unpaired) electrons. The van der Waals surface area contributed by atoms with Crippen molar-refractivity contribution in [2.75, 3.05) is 19.7 Å². The van der Waals surface area contributed by atoms with E-state index in [1.54, 1.807) is 0 Å². The molecule has 0 unspecified atom stereocenters. The molecule has 1 saturated heterocycles. The predicted molar refractivity (Wildman–Crippen MR) is 105 cm³/mol. The van der Waals surface area contributed by atoms with Crippen LogP contribution in [0.4, 0.5) is 0 Å². The maximum absolute atomic E-state index is 13.1. The monoisotopic (exact) mass is 374 g/mol. The molecule has 1 aromatic heterocycles. The average Bonchev–Trinajstić information content (AvgIpc) is 3.29. The lowest BCUT2D eigenvalue weighted by atomic mass is 9.79. The molecule has 3 aromatic rings. The second-order valence-electron chi connectivity index (χ2n) is 7.46. The summed E-state index contributed by atoms with van der Waals surface area (Å²) in [6.07, 6.45) is 4.10. The SMILES string of the molecule is O=C(c1cccc(-c2ncn[nH]2)c1)N1CCC2(CC1)OCCc1ccccc12. The van der Waals surface area contributed by atoms with Crippen molar-refractivity contribution in [3.8, 4) is 11.4 Å². The number of nitrogens with one attached hydrogen (secondary N) is 1. The van der Waals surface area contributed by atoms with E-state index >= 15 is 0 Å². The molecule has 2 aromatic carbocycles. The van der Waals surface area contributed by atoms with Gasteiger partial charge in [0, 0.05) is 24.2 Å². The van der Waals surface area contributed by atoms with Crippen LogP contribution in [0.15, 0.2) is 54.9 Å². The highest BCUT2D eigenvalue weighted by atomic mass is 16.5. The van der Waals surface area contributed by atoms with E-state index in [4.69, 9.17) is 4.74 Å². The van der Waals surface area contributed by atoms with Crippen molar-refractivity contribution in [1.82, 2.24) is 20.1 Å². The van der Waals surface area contributed by atoms with Crippen LogP contribution in [0.1, 0.15) is 34.3 Å². The first kappa shape index (κ1) is 17.1. The topological polar surface area (TPSA) is 71.1 Å². The highest BCUT2D eigenvalue weighted by molar-refractivity contribution is 5.95. The van der Waals surface area contributed by atoms with Crippen LogP contribution in [-0.2, 0) is 16.8 Å². The van der Waals surface area contributed by atoms with E-state index in [-0.39, 0.29) is 11.5 Å². The second kappa shape index (κ2) is 6.87. The first-order valence-electron chi connectivity index (χ1n) is 9.73. The van der Waals surface area contributed by atoms with Crippen LogP contribution >= 0.6 is 0 Å². The molecule has 6 nitrogen and oxygen atoms in total. The van der Waals surface area contributed by atoms with Gasteiger partial charge in [0.2, 0.25) is 0 Å². The number of amides is 1. The molecular formula is C22H22N4O2. The van der Waals surface area contributed by atoms with Gasteiger partial charge in [-0.1, -0.05) is 36.4 Å². The minimum atomic E-state index is -0.243. The molecule has 0 bridgehead atoms. The molecule has 1 amide bonds. The van der Waals surface area contributed by atoms with Crippen LogP contribution in [0.5, 0.6) is 0 Å². The van der Waals surface area contributed by atoms with Crippen LogP contribution in [0, 0.1) is 0 Å². The summed E-state index contributed by atoms with van der Waals surface area (Å²) in [4.78, 5) is 19.2. The normalized spacial score (nSPS) is 18.1. The number of fused-ring (bicyclic) bond motifs is 2. The number of hydrogen-bond donors (Lipinski definition) is 1. The minimum Gasteiger partial charge on any atom is -0.370 e. The lowest BCUT2D eigenvalue weighted by molar-refractivity contribution is -0.0935. The Bertz CT molecular complexity index is 991. The number of piperidine rings is 1. The van der Waals surface area contributed by atoms with Crippen LogP contribution in [0.25, 0.3) is 11.4 Å². The number of nitrogens with zero attached hydrogens (tertiary/aromatic N) is 3. The maximum Gasteiger partial charge on any atom is 0.253 e. The fourth-order valence-electron chi connectivity index (χ4n) is 4.43. The summed E-state index contributed by atoms with van der Waals surface area (Å²) < 4.78 is 6.28. The Labute approximate surface area is 163 Å². The lowest BCUT2D eigenvalue weighted by Gasteiger charge is -2.45. The summed E-state index contributed by atoms with van der Waals surface area (Å²) in [7, 11) is 0. The molecule has 0 atom stereocenters. The summed E-state index contributed by atoms with van der Waals surface area (Å²) >= 11 is 0. The zero-order chi connectivity index (χ0) is 19.0. The Morgan fingerprint density at radius 3 is 2.79 bits per heavy atom. The van der Waals surface area contributed by atoms with E-state index in [1.165, 1.54) is 17.5 Å². The Kier molecular flexibility index (Phi) is 4.20. The van der Waals surface area contributed by atoms with E-state index in [0.29, 0.717) is 24.5 Å². The fourth-order valence-corrected chi connectivity index (χ4v) is 4.43. The Hall–Kier alpha value is -2.99. The van der Waals surface area contributed by atoms with Gasteiger partial charge in [-0.3, -0.25) is 9.89 Å². The lowest BCUT2D eigenvalue weighted by Crippen LogP contribution is -2.48. The van der Waals surface area contributed by atoms with Crippen molar-refractivity contribution in [3.63, 3.8) is 0 Å². The van der Waals surface area contributed by atoms with Crippen molar-refractivity contribution in [2.45, 2.75) is 24.9 Å². The number of ether oxygens (including phenoxy) is 1. The fraction of sp³-hybridized carbons (Fsp3) is 0.318. The first-order chi connectivity index (χ1) is 13.8. The number of likely N-dealkylation sites (tertiary alicyclic amines) is 1. The summed E-state index contributed by atoms with van der Waals surface area (Å²) in [5, 5.41) is 6.73. The molecule has 1 spiro atoms. The molecule has 2 aliphatic rings. The molecule has 6 heteroatoms. The number of carbonyl (C=O) groups excluding carboxylic acids is 1. The third-order valence-corrected chi connectivity index (χ3v) is 5.91. The zero-order valence-electron chi connectivity index (χ0n) is 15.6. The van der Waals surface area contributed by atoms with Crippen LogP contribution in [0.2, 0.25) is 0 Å². The number of benzene rings is 2. The van der Waals surface area contributed by atoms with E-state index in [2.05, 4.69) is 39.4 Å². The van der Waals surface area contributed by atoms with Gasteiger partial charge < -0.3 is 9.64 Å². The molecule has 1 N–H and O–H groups in total. The van der Waals surface area contributed by atoms with Crippen molar-refractivity contribution < 1.29 is 9.53 Å². The molecule has 1 fully saturated rings. The summed E-state index contributed by atoms with van der Waals surface area (Å²) in [5.41, 5.74) is 3.98. The van der Waals surface area contributed by atoms with Gasteiger partial charge in [0.15, 0.2) is 5.82 Å². The number of carbonyl (C=O) groups is 1. The number of aromatic nitrogens is 3. The smallest absolute Gasteiger partial charge is 0.253 e. The summed E-state index contributed by atoms with van der Waals surface area (Å²) in [6, 6.07) is 16.1. The van der Waals surface area contributed by atoms with Gasteiger partial charge in [0.05, 0.1) is 12.2 Å². The number of hydrogen-bond acceptors (Lipinski definition) is 4. The van der Waals surface area contributed by atoms with E-state index < -0.39 is 0 Å². The van der Waals surface area contributed by atoms with Gasteiger partial charge in [-0.05, 0) is 42.5 Å². The van der Waals surface area contributed by atoms with E-state index in [0.717, 1.165) is 31.4 Å². The molecular weight excluding hydrogens is 352 g/mol. The number of aromatic amines is 1. The number of H-pyrrole nitrogens is 1. The molecule has 3 heterocycles. The van der Waals surface area contributed by atoms with Gasteiger partial charge >= 0.3 is 0 Å².